The molecule has 2 saturated heterocycles. The van der Waals surface area contributed by atoms with E-state index in [2.05, 4.69) is 37.2 Å². The molecule has 3 aliphatic heterocycles. The van der Waals surface area contributed by atoms with E-state index in [0.717, 1.165) is 70.0 Å². The Hall–Kier alpha value is -2.55. The van der Waals surface area contributed by atoms with Crippen LogP contribution in [0.15, 0.2) is 48.2 Å². The van der Waals surface area contributed by atoms with Crippen molar-refractivity contribution in [3.8, 4) is 0 Å². The zero-order valence-electron chi connectivity index (χ0n) is 23.8. The minimum atomic E-state index is -0.500. The molecule has 0 saturated carbocycles. The van der Waals surface area contributed by atoms with Crippen molar-refractivity contribution in [2.24, 2.45) is 5.92 Å². The minimum Gasteiger partial charge on any atom is -0.345 e. The first-order chi connectivity index (χ1) is 19.0. The van der Waals surface area contributed by atoms with Crippen molar-refractivity contribution in [1.29, 1.82) is 0 Å². The molecule has 2 fully saturated rings. The van der Waals surface area contributed by atoms with Gasteiger partial charge in [-0.15, -0.1) is 0 Å². The van der Waals surface area contributed by atoms with Crippen molar-refractivity contribution in [2.75, 3.05) is 31.2 Å². The van der Waals surface area contributed by atoms with Gasteiger partial charge in [-0.05, 0) is 102 Å². The molecule has 9 heteroatoms. The number of hydrogen-bond donors (Lipinski definition) is 1. The van der Waals surface area contributed by atoms with Crippen LogP contribution in [-0.4, -0.2) is 54.0 Å². The van der Waals surface area contributed by atoms with E-state index in [-0.39, 0.29) is 23.3 Å². The molecule has 0 bridgehead atoms. The number of carbonyl (C=O) groups is 1. The first-order valence-electron chi connectivity index (χ1n) is 14.1. The number of hydrogen-bond acceptors (Lipinski definition) is 4. The summed E-state index contributed by atoms with van der Waals surface area (Å²) >= 11 is 5.84. The maximum atomic E-state index is 14.2. The molecule has 2 unspecified atom stereocenters. The van der Waals surface area contributed by atoms with Crippen molar-refractivity contribution in [3.05, 3.63) is 76.2 Å². The molecule has 1 N–H and O–H groups in total. The molecule has 3 aliphatic rings. The third-order valence-electron chi connectivity index (χ3n) is 8.03. The zero-order chi connectivity index (χ0) is 29.0. The van der Waals surface area contributed by atoms with Crippen LogP contribution in [0.3, 0.4) is 0 Å². The highest BCUT2D eigenvalue weighted by Gasteiger charge is 2.32. The van der Waals surface area contributed by atoms with Crippen LogP contribution in [0.2, 0.25) is 5.02 Å². The topological polar surface area (TPSA) is 38.8 Å². The van der Waals surface area contributed by atoms with Crippen molar-refractivity contribution in [1.82, 2.24) is 15.2 Å². The van der Waals surface area contributed by atoms with Crippen LogP contribution in [-0.2, 0) is 4.79 Å². The minimum absolute atomic E-state index is 0.106. The van der Waals surface area contributed by atoms with E-state index in [0.29, 0.717) is 22.2 Å². The van der Waals surface area contributed by atoms with Gasteiger partial charge in [-0.3, -0.25) is 14.7 Å². The molecule has 40 heavy (non-hydrogen) atoms. The number of rotatable bonds is 4. The van der Waals surface area contributed by atoms with Gasteiger partial charge in [0.2, 0.25) is 6.41 Å². The lowest BCUT2D eigenvalue weighted by molar-refractivity contribution is -0.119. The highest BCUT2D eigenvalue weighted by atomic mass is 35.5. The van der Waals surface area contributed by atoms with Gasteiger partial charge in [0.25, 0.3) is 0 Å². The van der Waals surface area contributed by atoms with Gasteiger partial charge in [0.05, 0.1) is 5.69 Å². The summed E-state index contributed by atoms with van der Waals surface area (Å²) in [6, 6.07) is 8.80. The maximum Gasteiger partial charge on any atom is 0.209 e. The molecular formula is C31H40ClF3N4O. The fourth-order valence-corrected chi connectivity index (χ4v) is 5.97. The number of amides is 1. The number of hydrazine groups is 1. The summed E-state index contributed by atoms with van der Waals surface area (Å²) < 4.78 is 41.0. The normalized spacial score (nSPS) is 22.6. The number of carbonyl (C=O) groups excluding carboxylic acids is 1. The van der Waals surface area contributed by atoms with E-state index in [1.54, 1.807) is 23.1 Å². The molecule has 5 rings (SSSR count). The van der Waals surface area contributed by atoms with E-state index < -0.39 is 11.6 Å². The average Bonchev–Trinajstić information content (AvgIpc) is 3.30. The van der Waals surface area contributed by atoms with Gasteiger partial charge in [0.15, 0.2) is 0 Å². The SMILES string of the molecule is CC(C)(C)N1CCCC(c2ccc(F)cc2F)C1.CC1C=C(C2CCN(C=O)CC2)N(c2ccc(Cl)cc2F)N1. The van der Waals surface area contributed by atoms with Crippen LogP contribution in [0.5, 0.6) is 0 Å². The molecular weight excluding hydrogens is 537 g/mol. The smallest absolute Gasteiger partial charge is 0.209 e. The van der Waals surface area contributed by atoms with Gasteiger partial charge in [-0.1, -0.05) is 17.7 Å². The first-order valence-corrected chi connectivity index (χ1v) is 14.5. The third kappa shape index (κ3) is 7.39. The summed E-state index contributed by atoms with van der Waals surface area (Å²) in [7, 11) is 0. The molecule has 3 heterocycles. The van der Waals surface area contributed by atoms with Crippen LogP contribution < -0.4 is 10.4 Å². The van der Waals surface area contributed by atoms with Gasteiger partial charge in [0.1, 0.15) is 17.5 Å². The standard InChI is InChI=1S/C16H19ClFN3O.C15H21F2N/c1-11-8-16(12-4-6-20(10-22)7-5-12)21(19-11)15-3-2-13(17)9-14(15)18;1-15(2,3)18-8-4-5-11(10-18)13-7-6-12(16)9-14(13)17/h2-3,8-12,19H,4-7H2,1H3;6-7,9,11H,4-5,8,10H2,1-3H3. The predicted octanol–water partition coefficient (Wildman–Crippen LogP) is 6.89. The monoisotopic (exact) mass is 576 g/mol. The van der Waals surface area contributed by atoms with Gasteiger partial charge in [0, 0.05) is 53.9 Å². The quantitative estimate of drug-likeness (QED) is 0.402. The summed E-state index contributed by atoms with van der Waals surface area (Å²) in [5.74, 6) is -0.747. The summed E-state index contributed by atoms with van der Waals surface area (Å²) in [6.07, 6.45) is 6.87. The average molecular weight is 577 g/mol. The van der Waals surface area contributed by atoms with E-state index >= 15 is 0 Å². The molecule has 0 spiro atoms. The number of benzene rings is 2. The summed E-state index contributed by atoms with van der Waals surface area (Å²) in [6.45, 7) is 12.0. The van der Waals surface area contributed by atoms with E-state index in [4.69, 9.17) is 11.6 Å². The second-order valence-corrected chi connectivity index (χ2v) is 12.4. The fraction of sp³-hybridized carbons (Fsp3) is 0.516. The third-order valence-corrected chi connectivity index (χ3v) is 8.27. The molecule has 2 aromatic rings. The molecule has 0 radical (unpaired) electrons. The number of nitrogens with one attached hydrogen (secondary N) is 1. The Morgan fingerprint density at radius 3 is 2.30 bits per heavy atom. The molecule has 5 nitrogen and oxygen atoms in total. The first kappa shape index (κ1) is 30.4. The molecule has 218 valence electrons. The number of halogens is 4. The van der Waals surface area contributed by atoms with E-state index in [1.165, 1.54) is 12.1 Å². The van der Waals surface area contributed by atoms with Gasteiger partial charge in [-0.25, -0.2) is 18.6 Å². The van der Waals surface area contributed by atoms with Gasteiger partial charge >= 0.3 is 0 Å². The lowest BCUT2D eigenvalue weighted by Gasteiger charge is -2.41. The van der Waals surface area contributed by atoms with Gasteiger partial charge in [-0.2, -0.15) is 0 Å². The van der Waals surface area contributed by atoms with Crippen molar-refractivity contribution >= 4 is 23.7 Å². The van der Waals surface area contributed by atoms with Crippen LogP contribution in [0.1, 0.15) is 64.9 Å². The number of piperidine rings is 2. The molecule has 2 atom stereocenters. The highest BCUT2D eigenvalue weighted by Crippen LogP contribution is 2.35. The second kappa shape index (κ2) is 13.0. The molecule has 1 amide bonds. The summed E-state index contributed by atoms with van der Waals surface area (Å²) in [4.78, 5) is 15.0. The largest absolute Gasteiger partial charge is 0.345 e. The number of allylic oxidation sites excluding steroid dienone is 1. The van der Waals surface area contributed by atoms with Crippen LogP contribution in [0.25, 0.3) is 0 Å². The molecule has 0 aliphatic carbocycles. The Morgan fingerprint density at radius 2 is 1.68 bits per heavy atom. The molecule has 0 aromatic heterocycles. The second-order valence-electron chi connectivity index (χ2n) is 12.0. The van der Waals surface area contributed by atoms with E-state index in [1.807, 2.05) is 11.9 Å². The zero-order valence-corrected chi connectivity index (χ0v) is 24.5. The Morgan fingerprint density at radius 1 is 0.950 bits per heavy atom. The van der Waals surface area contributed by atoms with Crippen LogP contribution in [0, 0.1) is 23.4 Å². The number of likely N-dealkylation sites (tertiary alicyclic amines) is 2. The van der Waals surface area contributed by atoms with E-state index in [9.17, 15) is 18.0 Å². The van der Waals surface area contributed by atoms with Crippen LogP contribution in [0.4, 0.5) is 18.9 Å². The van der Waals surface area contributed by atoms with Crippen molar-refractivity contribution < 1.29 is 18.0 Å². The van der Waals surface area contributed by atoms with Crippen LogP contribution >= 0.6 is 11.6 Å². The lowest BCUT2D eigenvalue weighted by Crippen LogP contribution is -2.46. The maximum absolute atomic E-state index is 14.2. The highest BCUT2D eigenvalue weighted by molar-refractivity contribution is 6.30. The lowest BCUT2D eigenvalue weighted by atomic mass is 9.88. The Labute approximate surface area is 240 Å². The Kier molecular flexibility index (Phi) is 9.85. The van der Waals surface area contributed by atoms with Gasteiger partial charge < -0.3 is 4.90 Å². The summed E-state index contributed by atoms with van der Waals surface area (Å²) in [5, 5.41) is 2.22. The van der Waals surface area contributed by atoms with Crippen molar-refractivity contribution in [3.63, 3.8) is 0 Å². The van der Waals surface area contributed by atoms with Crippen molar-refractivity contribution in [2.45, 2.75) is 70.9 Å². The summed E-state index contributed by atoms with van der Waals surface area (Å²) in [5.41, 5.74) is 5.61. The number of nitrogens with zero attached hydrogens (tertiary/aromatic N) is 3. The predicted molar refractivity (Wildman–Crippen MR) is 155 cm³/mol. The number of anilines is 1. The fourth-order valence-electron chi connectivity index (χ4n) is 5.81. The Bertz CT molecular complexity index is 1210. The Balaban J connectivity index is 0.000000189. The molecule has 2 aromatic carbocycles.